The third-order valence-electron chi connectivity index (χ3n) is 4.27. The number of aryl methyl sites for hydroxylation is 2. The second-order valence-electron chi connectivity index (χ2n) is 6.77. The summed E-state index contributed by atoms with van der Waals surface area (Å²) in [6.45, 7) is 2.51. The van der Waals surface area contributed by atoms with Gasteiger partial charge in [-0.2, -0.15) is 13.2 Å². The Morgan fingerprint density at radius 1 is 1.00 bits per heavy atom. The summed E-state index contributed by atoms with van der Waals surface area (Å²) in [5, 5.41) is 14.5. The van der Waals surface area contributed by atoms with Gasteiger partial charge in [0.05, 0.1) is 5.56 Å². The van der Waals surface area contributed by atoms with E-state index in [0.29, 0.717) is 11.1 Å². The monoisotopic (exact) mass is 438 g/mol. The van der Waals surface area contributed by atoms with E-state index >= 15 is 0 Å². The van der Waals surface area contributed by atoms with Crippen LogP contribution in [0.1, 0.15) is 32.6 Å². The van der Waals surface area contributed by atoms with Crippen LogP contribution in [0.2, 0.25) is 0 Å². The molecular weight excluding hydrogens is 417 g/mol. The minimum Gasteiger partial charge on any atom is -0.507 e. The Hall–Kier alpha value is -3.56. The van der Waals surface area contributed by atoms with Crippen molar-refractivity contribution in [3.05, 3.63) is 64.2 Å². The Morgan fingerprint density at radius 2 is 1.58 bits per heavy atom. The van der Waals surface area contributed by atoms with Crippen molar-refractivity contribution < 1.29 is 37.4 Å². The van der Waals surface area contributed by atoms with Crippen LogP contribution in [0.4, 0.5) is 13.2 Å². The summed E-state index contributed by atoms with van der Waals surface area (Å²) < 4.78 is 42.3. The Bertz CT molecular complexity index is 949. The Kier molecular flexibility index (Phi) is 7.62. The van der Waals surface area contributed by atoms with E-state index < -0.39 is 42.7 Å². The smallest absolute Gasteiger partial charge is 0.416 e. The van der Waals surface area contributed by atoms with E-state index in [1.807, 2.05) is 0 Å². The lowest BCUT2D eigenvalue weighted by Gasteiger charge is -2.10. The number of halogens is 3. The SMILES string of the molecule is Cc1cc(CNC(=O)COC(=O)CNC(=O)c2ccc(C(F)(F)F)cc2)cc(C)c1O. The number of nitrogens with one attached hydrogen (secondary N) is 2. The molecule has 2 aromatic carbocycles. The van der Waals surface area contributed by atoms with Crippen LogP contribution < -0.4 is 10.6 Å². The molecule has 0 bridgehead atoms. The lowest BCUT2D eigenvalue weighted by molar-refractivity contribution is -0.147. The number of phenols is 1. The molecule has 0 radical (unpaired) electrons. The van der Waals surface area contributed by atoms with Crippen molar-refractivity contribution in [2.75, 3.05) is 13.2 Å². The molecule has 0 atom stereocenters. The number of esters is 1. The molecule has 0 saturated heterocycles. The normalized spacial score (nSPS) is 11.0. The zero-order valence-electron chi connectivity index (χ0n) is 16.8. The van der Waals surface area contributed by atoms with Gasteiger partial charge in [-0.3, -0.25) is 14.4 Å². The predicted octanol–water partition coefficient (Wildman–Crippen LogP) is 2.62. The van der Waals surface area contributed by atoms with Crippen LogP contribution in [-0.4, -0.2) is 36.0 Å². The zero-order valence-corrected chi connectivity index (χ0v) is 16.8. The van der Waals surface area contributed by atoms with Gasteiger partial charge in [0.2, 0.25) is 0 Å². The molecule has 0 heterocycles. The van der Waals surface area contributed by atoms with Gasteiger partial charge < -0.3 is 20.5 Å². The predicted molar refractivity (Wildman–Crippen MR) is 104 cm³/mol. The van der Waals surface area contributed by atoms with Crippen molar-refractivity contribution in [3.8, 4) is 5.75 Å². The van der Waals surface area contributed by atoms with E-state index in [1.54, 1.807) is 26.0 Å². The highest BCUT2D eigenvalue weighted by Gasteiger charge is 2.30. The van der Waals surface area contributed by atoms with Crippen LogP contribution in [0.15, 0.2) is 36.4 Å². The molecule has 2 rings (SSSR count). The van der Waals surface area contributed by atoms with Gasteiger partial charge in [-0.05, 0) is 54.8 Å². The van der Waals surface area contributed by atoms with Crippen molar-refractivity contribution in [2.24, 2.45) is 0 Å². The van der Waals surface area contributed by atoms with Crippen LogP contribution in [0.5, 0.6) is 5.75 Å². The minimum atomic E-state index is -4.51. The van der Waals surface area contributed by atoms with Gasteiger partial charge in [0, 0.05) is 12.1 Å². The van der Waals surface area contributed by atoms with Crippen LogP contribution in [0, 0.1) is 13.8 Å². The first-order valence-corrected chi connectivity index (χ1v) is 9.14. The molecule has 0 aromatic heterocycles. The van der Waals surface area contributed by atoms with Gasteiger partial charge in [-0.1, -0.05) is 12.1 Å². The summed E-state index contributed by atoms with van der Waals surface area (Å²) in [6, 6.07) is 6.92. The van der Waals surface area contributed by atoms with Crippen LogP contribution >= 0.6 is 0 Å². The molecule has 31 heavy (non-hydrogen) atoms. The molecule has 0 unspecified atom stereocenters. The standard InChI is InChI=1S/C21H21F3N2O5/c1-12-7-14(8-13(2)19(12)29)9-25-17(27)11-31-18(28)10-26-20(30)15-3-5-16(6-4-15)21(22,23)24/h3-8,29H,9-11H2,1-2H3,(H,25,27)(H,26,30). The highest BCUT2D eigenvalue weighted by Crippen LogP contribution is 2.29. The molecule has 10 heteroatoms. The van der Waals surface area contributed by atoms with Crippen molar-refractivity contribution >= 4 is 17.8 Å². The molecule has 2 aromatic rings. The first kappa shape index (κ1) is 23.7. The topological polar surface area (TPSA) is 105 Å². The number of ether oxygens (including phenoxy) is 1. The molecule has 2 amide bonds. The van der Waals surface area contributed by atoms with Crippen LogP contribution in [0.25, 0.3) is 0 Å². The Balaban J connectivity index is 1.74. The van der Waals surface area contributed by atoms with Gasteiger partial charge in [0.25, 0.3) is 11.8 Å². The quantitative estimate of drug-likeness (QED) is 0.577. The third kappa shape index (κ3) is 7.02. The lowest BCUT2D eigenvalue weighted by atomic mass is 10.1. The van der Waals surface area contributed by atoms with Gasteiger partial charge in [0.15, 0.2) is 6.61 Å². The van der Waals surface area contributed by atoms with Crippen molar-refractivity contribution in [2.45, 2.75) is 26.6 Å². The fraction of sp³-hybridized carbons (Fsp3) is 0.286. The molecule has 0 spiro atoms. The maximum atomic E-state index is 12.5. The second-order valence-corrected chi connectivity index (χ2v) is 6.77. The fourth-order valence-corrected chi connectivity index (χ4v) is 2.66. The largest absolute Gasteiger partial charge is 0.507 e. The van der Waals surface area contributed by atoms with Gasteiger partial charge in [-0.15, -0.1) is 0 Å². The molecule has 166 valence electrons. The average molecular weight is 438 g/mol. The first-order chi connectivity index (χ1) is 14.5. The van der Waals surface area contributed by atoms with Gasteiger partial charge in [0.1, 0.15) is 12.3 Å². The van der Waals surface area contributed by atoms with Crippen LogP contribution in [0.3, 0.4) is 0 Å². The number of hydrogen-bond donors (Lipinski definition) is 3. The molecule has 7 nitrogen and oxygen atoms in total. The zero-order chi connectivity index (χ0) is 23.2. The molecular formula is C21H21F3N2O5. The Labute approximate surface area is 176 Å². The summed E-state index contributed by atoms with van der Waals surface area (Å²) in [5.41, 5.74) is 1.14. The van der Waals surface area contributed by atoms with Crippen molar-refractivity contribution in [1.82, 2.24) is 10.6 Å². The number of phenolic OH excluding ortho intramolecular Hbond substituents is 1. The van der Waals surface area contributed by atoms with E-state index in [2.05, 4.69) is 10.6 Å². The first-order valence-electron chi connectivity index (χ1n) is 9.14. The third-order valence-corrected chi connectivity index (χ3v) is 4.27. The fourth-order valence-electron chi connectivity index (χ4n) is 2.66. The number of rotatable bonds is 7. The van der Waals surface area contributed by atoms with E-state index in [0.717, 1.165) is 29.8 Å². The molecule has 0 aliphatic rings. The van der Waals surface area contributed by atoms with E-state index in [1.165, 1.54) is 0 Å². The second kappa shape index (κ2) is 9.96. The molecule has 0 aliphatic carbocycles. The summed E-state index contributed by atoms with van der Waals surface area (Å²) in [6.07, 6.45) is -4.51. The molecule has 0 aliphatic heterocycles. The number of alkyl halides is 3. The summed E-state index contributed by atoms with van der Waals surface area (Å²) in [5.74, 6) is -2.02. The van der Waals surface area contributed by atoms with E-state index in [9.17, 15) is 32.7 Å². The molecule has 3 N–H and O–H groups in total. The number of carbonyl (C=O) groups is 3. The summed E-state index contributed by atoms with van der Waals surface area (Å²) in [4.78, 5) is 35.4. The van der Waals surface area contributed by atoms with E-state index in [-0.39, 0.29) is 17.9 Å². The number of benzene rings is 2. The lowest BCUT2D eigenvalue weighted by Crippen LogP contribution is -2.33. The highest BCUT2D eigenvalue weighted by atomic mass is 19.4. The maximum absolute atomic E-state index is 12.5. The summed E-state index contributed by atoms with van der Waals surface area (Å²) in [7, 11) is 0. The van der Waals surface area contributed by atoms with Gasteiger partial charge >= 0.3 is 12.1 Å². The van der Waals surface area contributed by atoms with Gasteiger partial charge in [-0.25, -0.2) is 0 Å². The molecule has 0 saturated carbocycles. The van der Waals surface area contributed by atoms with Crippen molar-refractivity contribution in [1.29, 1.82) is 0 Å². The maximum Gasteiger partial charge on any atom is 0.416 e. The summed E-state index contributed by atoms with van der Waals surface area (Å²) >= 11 is 0. The number of hydrogen-bond acceptors (Lipinski definition) is 5. The van der Waals surface area contributed by atoms with Crippen LogP contribution in [-0.2, 0) is 27.0 Å². The average Bonchev–Trinajstić information content (AvgIpc) is 2.72. The number of aromatic hydroxyl groups is 1. The number of carbonyl (C=O) groups excluding carboxylic acids is 3. The van der Waals surface area contributed by atoms with E-state index in [4.69, 9.17) is 4.74 Å². The minimum absolute atomic E-state index is 0.0574. The Morgan fingerprint density at radius 3 is 2.13 bits per heavy atom. The highest BCUT2D eigenvalue weighted by molar-refractivity contribution is 5.96. The number of amides is 2. The molecule has 0 fully saturated rings. The van der Waals surface area contributed by atoms with Crippen molar-refractivity contribution in [3.63, 3.8) is 0 Å².